The number of esters is 1. The molecular formula is C24H39NO7. The molecule has 0 aliphatic heterocycles. The normalized spacial score (nSPS) is 23.6. The number of amides is 1. The van der Waals surface area contributed by atoms with E-state index in [4.69, 9.17) is 14.2 Å². The molecule has 0 atom stereocenters. The fourth-order valence-corrected chi connectivity index (χ4v) is 4.42. The van der Waals surface area contributed by atoms with Gasteiger partial charge in [0.1, 0.15) is 5.60 Å². The maximum Gasteiger partial charge on any atom is 0.336 e. The molecule has 0 radical (unpaired) electrons. The molecule has 2 fully saturated rings. The number of nitrogens with one attached hydrogen (secondary N) is 1. The van der Waals surface area contributed by atoms with Crippen molar-refractivity contribution in [1.82, 2.24) is 5.32 Å². The Kier molecular flexibility index (Phi) is 9.70. The van der Waals surface area contributed by atoms with E-state index in [1.165, 1.54) is 0 Å². The summed E-state index contributed by atoms with van der Waals surface area (Å²) < 4.78 is 16.2. The van der Waals surface area contributed by atoms with Crippen LogP contribution >= 0.6 is 0 Å². The third kappa shape index (κ3) is 7.89. The Balaban J connectivity index is 2.15. The minimum Gasteiger partial charge on any atom is -0.481 e. The second-order valence-corrected chi connectivity index (χ2v) is 9.94. The standard InChI is InChI=1S/C24H39NO7/c1-23(2,3)32-21(28)18(16-31-14-13-30-4)15-24(11-5-6-12-24)22(29)25-19-9-7-17(8-10-19)20(26)27/h15,17,19H,5-14,16H2,1-4H3,(H,25,29)(H,26,27). The summed E-state index contributed by atoms with van der Waals surface area (Å²) in [6.07, 6.45) is 7.34. The number of aliphatic carboxylic acids is 1. The van der Waals surface area contributed by atoms with Gasteiger partial charge in [-0.25, -0.2) is 4.79 Å². The molecule has 2 aliphatic carbocycles. The fourth-order valence-electron chi connectivity index (χ4n) is 4.42. The molecule has 32 heavy (non-hydrogen) atoms. The highest BCUT2D eigenvalue weighted by molar-refractivity contribution is 5.92. The monoisotopic (exact) mass is 453 g/mol. The third-order valence-corrected chi connectivity index (χ3v) is 6.16. The molecule has 182 valence electrons. The minimum atomic E-state index is -0.777. The van der Waals surface area contributed by atoms with E-state index in [1.807, 2.05) is 0 Å². The zero-order chi connectivity index (χ0) is 23.8. The second kappa shape index (κ2) is 11.8. The van der Waals surface area contributed by atoms with Crippen molar-refractivity contribution in [1.29, 1.82) is 0 Å². The van der Waals surface area contributed by atoms with E-state index in [-0.39, 0.29) is 24.5 Å². The molecule has 2 aliphatic rings. The van der Waals surface area contributed by atoms with Crippen molar-refractivity contribution in [3.8, 4) is 0 Å². The van der Waals surface area contributed by atoms with Crippen LogP contribution in [0.15, 0.2) is 11.6 Å². The topological polar surface area (TPSA) is 111 Å². The van der Waals surface area contributed by atoms with E-state index in [0.29, 0.717) is 57.3 Å². The van der Waals surface area contributed by atoms with Gasteiger partial charge < -0.3 is 24.6 Å². The summed E-state index contributed by atoms with van der Waals surface area (Å²) in [4.78, 5) is 37.5. The molecule has 8 heteroatoms. The van der Waals surface area contributed by atoms with Crippen LogP contribution in [0.25, 0.3) is 0 Å². The molecule has 2 rings (SSSR count). The first-order valence-electron chi connectivity index (χ1n) is 11.6. The Morgan fingerprint density at radius 2 is 1.69 bits per heavy atom. The van der Waals surface area contributed by atoms with Crippen LogP contribution in [0.4, 0.5) is 0 Å². The largest absolute Gasteiger partial charge is 0.481 e. The van der Waals surface area contributed by atoms with Crippen LogP contribution in [0.5, 0.6) is 0 Å². The number of hydrogen-bond acceptors (Lipinski definition) is 6. The molecule has 2 N–H and O–H groups in total. The quantitative estimate of drug-likeness (QED) is 0.297. The van der Waals surface area contributed by atoms with E-state index in [0.717, 1.165) is 12.8 Å². The van der Waals surface area contributed by atoms with Crippen molar-refractivity contribution in [2.75, 3.05) is 26.9 Å². The van der Waals surface area contributed by atoms with E-state index in [2.05, 4.69) is 5.32 Å². The molecule has 0 spiro atoms. The molecule has 1 amide bonds. The summed E-state index contributed by atoms with van der Waals surface area (Å²) in [5, 5.41) is 12.3. The number of carboxylic acids is 1. The Hall–Kier alpha value is -1.93. The summed E-state index contributed by atoms with van der Waals surface area (Å²) in [5.41, 5.74) is -1.08. The Morgan fingerprint density at radius 1 is 1.06 bits per heavy atom. The molecule has 0 bridgehead atoms. The first kappa shape index (κ1) is 26.3. The lowest BCUT2D eigenvalue weighted by Crippen LogP contribution is -2.45. The Bertz CT molecular complexity index is 681. The first-order valence-corrected chi connectivity index (χ1v) is 11.6. The highest BCUT2D eigenvalue weighted by Gasteiger charge is 2.41. The van der Waals surface area contributed by atoms with Gasteiger partial charge in [0.15, 0.2) is 0 Å². The number of carbonyl (C=O) groups excluding carboxylic acids is 2. The third-order valence-electron chi connectivity index (χ3n) is 6.16. The number of rotatable bonds is 10. The average Bonchev–Trinajstić information content (AvgIpc) is 3.19. The number of carboxylic acid groups (broad SMARTS) is 1. The number of methoxy groups -OCH3 is 1. The van der Waals surface area contributed by atoms with Crippen LogP contribution in [0.3, 0.4) is 0 Å². The van der Waals surface area contributed by atoms with E-state index in [9.17, 15) is 19.5 Å². The van der Waals surface area contributed by atoms with Crippen LogP contribution in [-0.4, -0.2) is 61.5 Å². The van der Waals surface area contributed by atoms with Crippen molar-refractivity contribution < 1.29 is 33.7 Å². The number of carbonyl (C=O) groups is 3. The average molecular weight is 454 g/mol. The van der Waals surface area contributed by atoms with Gasteiger partial charge in [-0.15, -0.1) is 0 Å². The first-order chi connectivity index (χ1) is 15.1. The van der Waals surface area contributed by atoms with Gasteiger partial charge in [0.25, 0.3) is 0 Å². The summed E-state index contributed by atoms with van der Waals surface area (Å²) in [7, 11) is 1.58. The van der Waals surface area contributed by atoms with Crippen molar-refractivity contribution >= 4 is 17.8 Å². The Labute approximate surface area is 191 Å². The van der Waals surface area contributed by atoms with Crippen LogP contribution in [0.2, 0.25) is 0 Å². The van der Waals surface area contributed by atoms with Gasteiger partial charge in [-0.05, 0) is 59.3 Å². The van der Waals surface area contributed by atoms with Gasteiger partial charge in [0.05, 0.1) is 36.7 Å². The van der Waals surface area contributed by atoms with Crippen molar-refractivity contribution in [3.63, 3.8) is 0 Å². The highest BCUT2D eigenvalue weighted by atomic mass is 16.6. The Morgan fingerprint density at radius 3 is 2.22 bits per heavy atom. The van der Waals surface area contributed by atoms with Crippen molar-refractivity contribution in [2.24, 2.45) is 11.3 Å². The van der Waals surface area contributed by atoms with Gasteiger partial charge in [0, 0.05) is 13.2 Å². The molecule has 0 aromatic heterocycles. The van der Waals surface area contributed by atoms with E-state index in [1.54, 1.807) is 34.0 Å². The molecule has 8 nitrogen and oxygen atoms in total. The molecule has 2 saturated carbocycles. The lowest BCUT2D eigenvalue weighted by atomic mass is 9.81. The molecule has 0 saturated heterocycles. The number of ether oxygens (including phenoxy) is 3. The number of hydrogen-bond donors (Lipinski definition) is 2. The maximum atomic E-state index is 13.4. The smallest absolute Gasteiger partial charge is 0.336 e. The lowest BCUT2D eigenvalue weighted by molar-refractivity contribution is -0.150. The maximum absolute atomic E-state index is 13.4. The summed E-state index contributed by atoms with van der Waals surface area (Å²) in [6.45, 7) is 6.21. The highest BCUT2D eigenvalue weighted by Crippen LogP contribution is 2.41. The van der Waals surface area contributed by atoms with Gasteiger partial charge >= 0.3 is 11.9 Å². The summed E-state index contributed by atoms with van der Waals surface area (Å²) in [6, 6.07) is -0.0353. The predicted octanol–water partition coefficient (Wildman–Crippen LogP) is 3.24. The van der Waals surface area contributed by atoms with Crippen molar-refractivity contribution in [2.45, 2.75) is 83.8 Å². The lowest BCUT2D eigenvalue weighted by Gasteiger charge is -2.32. The van der Waals surface area contributed by atoms with Gasteiger partial charge in [-0.1, -0.05) is 18.9 Å². The van der Waals surface area contributed by atoms with Crippen LogP contribution in [-0.2, 0) is 28.6 Å². The summed E-state index contributed by atoms with van der Waals surface area (Å²) >= 11 is 0. The zero-order valence-electron chi connectivity index (χ0n) is 19.9. The van der Waals surface area contributed by atoms with Crippen LogP contribution in [0.1, 0.15) is 72.1 Å². The fraction of sp³-hybridized carbons (Fsp3) is 0.792. The summed E-state index contributed by atoms with van der Waals surface area (Å²) in [5.74, 6) is -1.66. The van der Waals surface area contributed by atoms with E-state index >= 15 is 0 Å². The molecule has 0 aromatic carbocycles. The van der Waals surface area contributed by atoms with E-state index < -0.39 is 23.0 Å². The van der Waals surface area contributed by atoms with Gasteiger partial charge in [-0.2, -0.15) is 0 Å². The predicted molar refractivity (Wildman–Crippen MR) is 119 cm³/mol. The molecule has 0 heterocycles. The van der Waals surface area contributed by atoms with Gasteiger partial charge in [0.2, 0.25) is 5.91 Å². The zero-order valence-corrected chi connectivity index (χ0v) is 19.9. The SMILES string of the molecule is COCCOCC(=CC1(C(=O)NC2CCC(C(=O)O)CC2)CCCC1)C(=O)OC(C)(C)C. The van der Waals surface area contributed by atoms with Gasteiger partial charge in [-0.3, -0.25) is 9.59 Å². The van der Waals surface area contributed by atoms with Crippen LogP contribution in [0, 0.1) is 11.3 Å². The van der Waals surface area contributed by atoms with Crippen LogP contribution < -0.4 is 5.32 Å². The molecule has 0 aromatic rings. The molecule has 0 unspecified atom stereocenters. The van der Waals surface area contributed by atoms with Crippen molar-refractivity contribution in [3.05, 3.63) is 11.6 Å². The molecular weight excluding hydrogens is 414 g/mol. The second-order valence-electron chi connectivity index (χ2n) is 9.94. The minimum absolute atomic E-state index is 0.0353.